The molecule has 1 aliphatic heterocycles. The molecule has 4 nitrogen and oxygen atoms in total. The van der Waals surface area contributed by atoms with Crippen molar-refractivity contribution in [2.75, 3.05) is 46.8 Å². The van der Waals surface area contributed by atoms with Crippen LogP contribution in [0, 0.1) is 0 Å². The van der Waals surface area contributed by atoms with E-state index in [0.717, 1.165) is 51.3 Å². The van der Waals surface area contributed by atoms with Crippen molar-refractivity contribution in [3.05, 3.63) is 71.3 Å². The lowest BCUT2D eigenvalue weighted by atomic mass is 10.1. The maximum Gasteiger partial charge on any atom is 0.253 e. The van der Waals surface area contributed by atoms with E-state index in [-0.39, 0.29) is 5.91 Å². The average molecular weight is 351 g/mol. The molecule has 26 heavy (non-hydrogen) atoms. The molecule has 0 saturated carbocycles. The van der Waals surface area contributed by atoms with E-state index in [9.17, 15) is 4.79 Å². The summed E-state index contributed by atoms with van der Waals surface area (Å²) in [6.45, 7) is 6.44. The number of carbonyl (C=O) groups excluding carboxylic acids is 1. The summed E-state index contributed by atoms with van der Waals surface area (Å²) < 4.78 is 0. The molecule has 1 aliphatic rings. The zero-order chi connectivity index (χ0) is 18.4. The molecule has 0 radical (unpaired) electrons. The molecule has 0 unspecified atom stereocenters. The topological polar surface area (TPSA) is 26.8 Å². The first-order chi connectivity index (χ1) is 12.6. The second-order valence-corrected chi connectivity index (χ2v) is 7.25. The summed E-state index contributed by atoms with van der Waals surface area (Å²) in [5.41, 5.74) is 3.40. The highest BCUT2D eigenvalue weighted by molar-refractivity contribution is 5.94. The molecule has 1 fully saturated rings. The van der Waals surface area contributed by atoms with Crippen molar-refractivity contribution in [3.8, 4) is 0 Å². The van der Waals surface area contributed by atoms with Crippen LogP contribution in [0.3, 0.4) is 0 Å². The molecule has 0 aromatic heterocycles. The Hall–Kier alpha value is -2.17. The number of piperazine rings is 1. The van der Waals surface area contributed by atoms with E-state index in [4.69, 9.17) is 0 Å². The fraction of sp³-hybridized carbons (Fsp3) is 0.409. The Bertz CT molecular complexity index is 706. The van der Waals surface area contributed by atoms with Crippen molar-refractivity contribution in [2.24, 2.45) is 0 Å². The normalized spacial score (nSPS) is 15.8. The van der Waals surface area contributed by atoms with Gasteiger partial charge in [-0.05, 0) is 29.7 Å². The Kier molecular flexibility index (Phi) is 6.42. The zero-order valence-corrected chi connectivity index (χ0v) is 15.9. The number of amides is 1. The molecule has 0 aliphatic carbocycles. The molecule has 1 amide bonds. The molecule has 0 bridgehead atoms. The van der Waals surface area contributed by atoms with Crippen molar-refractivity contribution >= 4 is 5.91 Å². The number of hydrogen-bond donors (Lipinski definition) is 0. The SMILES string of the molecule is CN(C)C(=O)c1cccc(CN2CCN(CCc3ccccc3)CC2)c1. The van der Waals surface area contributed by atoms with Crippen LogP contribution in [0.4, 0.5) is 0 Å². The summed E-state index contributed by atoms with van der Waals surface area (Å²) in [5.74, 6) is 0.0672. The summed E-state index contributed by atoms with van der Waals surface area (Å²) in [5, 5.41) is 0. The number of hydrogen-bond acceptors (Lipinski definition) is 3. The minimum atomic E-state index is 0.0672. The van der Waals surface area contributed by atoms with E-state index in [0.29, 0.717) is 0 Å². The van der Waals surface area contributed by atoms with Crippen molar-refractivity contribution in [3.63, 3.8) is 0 Å². The Morgan fingerprint density at radius 1 is 0.885 bits per heavy atom. The molecule has 1 saturated heterocycles. The maximum atomic E-state index is 12.1. The van der Waals surface area contributed by atoms with E-state index in [1.54, 1.807) is 19.0 Å². The van der Waals surface area contributed by atoms with Crippen molar-refractivity contribution in [2.45, 2.75) is 13.0 Å². The third kappa shape index (κ3) is 5.16. The molecular formula is C22H29N3O. The molecule has 2 aromatic carbocycles. The van der Waals surface area contributed by atoms with Gasteiger partial charge in [0.1, 0.15) is 0 Å². The van der Waals surface area contributed by atoms with Gasteiger partial charge in [-0.15, -0.1) is 0 Å². The Balaban J connectivity index is 1.47. The molecule has 0 atom stereocenters. The first kappa shape index (κ1) is 18.6. The Labute approximate surface area is 157 Å². The molecule has 2 aromatic rings. The number of nitrogens with zero attached hydrogens (tertiary/aromatic N) is 3. The van der Waals surface area contributed by atoms with Gasteiger partial charge in [-0.3, -0.25) is 9.69 Å². The molecule has 0 N–H and O–H groups in total. The summed E-state index contributed by atoms with van der Waals surface area (Å²) in [6.07, 6.45) is 1.12. The molecule has 138 valence electrons. The van der Waals surface area contributed by atoms with Gasteiger partial charge in [0.05, 0.1) is 0 Å². The van der Waals surface area contributed by atoms with Crippen LogP contribution in [-0.2, 0) is 13.0 Å². The molecule has 3 rings (SSSR count). The second kappa shape index (κ2) is 8.97. The van der Waals surface area contributed by atoms with Crippen LogP contribution in [0.2, 0.25) is 0 Å². The van der Waals surface area contributed by atoms with Crippen LogP contribution in [0.15, 0.2) is 54.6 Å². The fourth-order valence-electron chi connectivity index (χ4n) is 3.42. The molecule has 0 spiro atoms. The van der Waals surface area contributed by atoms with Gasteiger partial charge in [-0.2, -0.15) is 0 Å². The summed E-state index contributed by atoms with van der Waals surface area (Å²) in [7, 11) is 3.59. The third-order valence-corrected chi connectivity index (χ3v) is 5.01. The quantitative estimate of drug-likeness (QED) is 0.801. The van der Waals surface area contributed by atoms with Crippen molar-refractivity contribution in [1.82, 2.24) is 14.7 Å². The highest BCUT2D eigenvalue weighted by atomic mass is 16.2. The average Bonchev–Trinajstić information content (AvgIpc) is 2.68. The fourth-order valence-corrected chi connectivity index (χ4v) is 3.42. The van der Waals surface area contributed by atoms with Crippen molar-refractivity contribution < 1.29 is 4.79 Å². The summed E-state index contributed by atoms with van der Waals surface area (Å²) >= 11 is 0. The van der Waals surface area contributed by atoms with E-state index < -0.39 is 0 Å². The minimum Gasteiger partial charge on any atom is -0.345 e. The number of carbonyl (C=O) groups is 1. The minimum absolute atomic E-state index is 0.0672. The van der Waals surface area contributed by atoms with Gasteiger partial charge < -0.3 is 9.80 Å². The van der Waals surface area contributed by atoms with Gasteiger partial charge in [0.15, 0.2) is 0 Å². The standard InChI is InChI=1S/C22H29N3O/c1-23(2)22(26)21-10-6-9-20(17-21)18-25-15-13-24(14-16-25)12-11-19-7-4-3-5-8-19/h3-10,17H,11-16,18H2,1-2H3. The first-order valence-corrected chi connectivity index (χ1v) is 9.41. The Morgan fingerprint density at radius 2 is 1.54 bits per heavy atom. The summed E-state index contributed by atoms with van der Waals surface area (Å²) in [6, 6.07) is 18.7. The smallest absolute Gasteiger partial charge is 0.253 e. The highest BCUT2D eigenvalue weighted by Gasteiger charge is 2.17. The van der Waals surface area contributed by atoms with Gasteiger partial charge in [-0.1, -0.05) is 42.5 Å². The second-order valence-electron chi connectivity index (χ2n) is 7.25. The summed E-state index contributed by atoms with van der Waals surface area (Å²) in [4.78, 5) is 18.8. The van der Waals surface area contributed by atoms with Gasteiger partial charge in [-0.25, -0.2) is 0 Å². The van der Waals surface area contributed by atoms with Crippen LogP contribution in [0.25, 0.3) is 0 Å². The zero-order valence-electron chi connectivity index (χ0n) is 15.9. The van der Waals surface area contributed by atoms with Crippen LogP contribution in [-0.4, -0.2) is 67.4 Å². The van der Waals surface area contributed by atoms with Crippen LogP contribution in [0.5, 0.6) is 0 Å². The number of rotatable bonds is 6. The van der Waals surface area contributed by atoms with Gasteiger partial charge in [0, 0.05) is 58.9 Å². The predicted octanol–water partition coefficient (Wildman–Crippen LogP) is 2.75. The molecular weight excluding hydrogens is 322 g/mol. The van der Waals surface area contributed by atoms with Crippen molar-refractivity contribution in [1.29, 1.82) is 0 Å². The third-order valence-electron chi connectivity index (χ3n) is 5.01. The molecule has 1 heterocycles. The number of benzene rings is 2. The van der Waals surface area contributed by atoms with E-state index in [1.807, 2.05) is 18.2 Å². The van der Waals surface area contributed by atoms with Gasteiger partial charge in [0.2, 0.25) is 0 Å². The van der Waals surface area contributed by atoms with E-state index in [1.165, 1.54) is 11.1 Å². The lowest BCUT2D eigenvalue weighted by Crippen LogP contribution is -2.46. The highest BCUT2D eigenvalue weighted by Crippen LogP contribution is 2.12. The van der Waals surface area contributed by atoms with Crippen LogP contribution >= 0.6 is 0 Å². The van der Waals surface area contributed by atoms with Gasteiger partial charge >= 0.3 is 0 Å². The maximum absolute atomic E-state index is 12.1. The molecule has 4 heteroatoms. The van der Waals surface area contributed by atoms with Crippen LogP contribution < -0.4 is 0 Å². The lowest BCUT2D eigenvalue weighted by Gasteiger charge is -2.34. The first-order valence-electron chi connectivity index (χ1n) is 9.41. The van der Waals surface area contributed by atoms with Crippen LogP contribution in [0.1, 0.15) is 21.5 Å². The monoisotopic (exact) mass is 351 g/mol. The van der Waals surface area contributed by atoms with E-state index >= 15 is 0 Å². The Morgan fingerprint density at radius 3 is 2.23 bits per heavy atom. The predicted molar refractivity (Wildman–Crippen MR) is 106 cm³/mol. The lowest BCUT2D eigenvalue weighted by molar-refractivity contribution is 0.0827. The van der Waals surface area contributed by atoms with Gasteiger partial charge in [0.25, 0.3) is 5.91 Å². The largest absolute Gasteiger partial charge is 0.345 e. The van der Waals surface area contributed by atoms with E-state index in [2.05, 4.69) is 46.2 Å².